The summed E-state index contributed by atoms with van der Waals surface area (Å²) in [5.41, 5.74) is 1.46. The number of esters is 1. The fourth-order valence-electron chi connectivity index (χ4n) is 1.67. The number of hydrogen-bond donors (Lipinski definition) is 0. The normalized spacial score (nSPS) is 10.4. The summed E-state index contributed by atoms with van der Waals surface area (Å²) in [6.45, 7) is 1.92. The van der Waals surface area contributed by atoms with E-state index in [1.54, 1.807) is 18.3 Å². The van der Waals surface area contributed by atoms with Crippen LogP contribution in [0, 0.1) is 6.92 Å². The maximum Gasteiger partial charge on any atom is 0.337 e. The van der Waals surface area contributed by atoms with Crippen molar-refractivity contribution >= 4 is 28.3 Å². The molecule has 0 bridgehead atoms. The molecule has 0 radical (unpaired) electrons. The first kappa shape index (κ1) is 10.9. The Labute approximate surface area is 98.0 Å². The van der Waals surface area contributed by atoms with E-state index in [0.717, 1.165) is 16.3 Å². The molecule has 0 atom stereocenters. The molecule has 3 nitrogen and oxygen atoms in total. The Hall–Kier alpha value is -1.61. The van der Waals surface area contributed by atoms with Gasteiger partial charge in [0.05, 0.1) is 12.7 Å². The second kappa shape index (κ2) is 4.10. The highest BCUT2D eigenvalue weighted by atomic mass is 35.5. The molecule has 1 heterocycles. The third-order valence-electron chi connectivity index (χ3n) is 2.46. The van der Waals surface area contributed by atoms with E-state index < -0.39 is 0 Å². The minimum absolute atomic E-state index is 0.370. The maximum absolute atomic E-state index is 11.4. The van der Waals surface area contributed by atoms with Gasteiger partial charge in [-0.1, -0.05) is 11.6 Å². The number of hydrogen-bond acceptors (Lipinski definition) is 3. The van der Waals surface area contributed by atoms with Crippen molar-refractivity contribution < 1.29 is 9.53 Å². The number of halogens is 1. The van der Waals surface area contributed by atoms with E-state index in [1.807, 2.05) is 13.0 Å². The summed E-state index contributed by atoms with van der Waals surface area (Å²) in [4.78, 5) is 15.4. The predicted octanol–water partition coefficient (Wildman–Crippen LogP) is 2.98. The average molecular weight is 236 g/mol. The molecule has 0 amide bonds. The van der Waals surface area contributed by atoms with E-state index in [0.29, 0.717) is 10.7 Å². The first-order chi connectivity index (χ1) is 7.63. The molecule has 0 aliphatic heterocycles. The molecule has 16 heavy (non-hydrogen) atoms. The summed E-state index contributed by atoms with van der Waals surface area (Å²) in [5, 5.41) is 2.16. The van der Waals surface area contributed by atoms with Crippen LogP contribution in [0.3, 0.4) is 0 Å². The van der Waals surface area contributed by atoms with Crippen LogP contribution in [0.25, 0.3) is 10.8 Å². The molecular formula is C12H10ClNO2. The van der Waals surface area contributed by atoms with Gasteiger partial charge in [-0.3, -0.25) is 0 Å². The van der Waals surface area contributed by atoms with Crippen LogP contribution in [-0.2, 0) is 4.74 Å². The molecule has 0 N–H and O–H groups in total. The number of rotatable bonds is 1. The summed E-state index contributed by atoms with van der Waals surface area (Å²) >= 11 is 5.99. The van der Waals surface area contributed by atoms with Crippen LogP contribution >= 0.6 is 11.6 Å². The number of pyridine rings is 1. The second-order valence-corrected chi connectivity index (χ2v) is 3.84. The largest absolute Gasteiger partial charge is 0.465 e. The molecular weight excluding hydrogens is 226 g/mol. The zero-order valence-electron chi connectivity index (χ0n) is 8.95. The first-order valence-electron chi connectivity index (χ1n) is 4.76. The lowest BCUT2D eigenvalue weighted by Crippen LogP contribution is -2.01. The molecule has 0 fully saturated rings. The van der Waals surface area contributed by atoms with Gasteiger partial charge in [0.25, 0.3) is 0 Å². The Balaban J connectivity index is 2.75. The van der Waals surface area contributed by atoms with Crippen molar-refractivity contribution in [3.8, 4) is 0 Å². The monoisotopic (exact) mass is 235 g/mol. The molecule has 0 spiro atoms. The third kappa shape index (κ3) is 1.74. The van der Waals surface area contributed by atoms with E-state index in [2.05, 4.69) is 9.72 Å². The number of carbonyl (C=O) groups excluding carboxylic acids is 1. The summed E-state index contributed by atoms with van der Waals surface area (Å²) in [7, 11) is 1.35. The molecule has 0 saturated carbocycles. The second-order valence-electron chi connectivity index (χ2n) is 3.48. The highest BCUT2D eigenvalue weighted by molar-refractivity contribution is 6.34. The van der Waals surface area contributed by atoms with Crippen LogP contribution in [0.15, 0.2) is 24.4 Å². The summed E-state index contributed by atoms with van der Waals surface area (Å²) < 4.78 is 4.68. The Kier molecular flexibility index (Phi) is 2.79. The number of carbonyl (C=O) groups is 1. The Morgan fingerprint density at radius 3 is 2.81 bits per heavy atom. The minimum Gasteiger partial charge on any atom is -0.465 e. The lowest BCUT2D eigenvalue weighted by atomic mass is 10.0. The molecule has 2 rings (SSSR count). The van der Waals surface area contributed by atoms with Crippen molar-refractivity contribution in [3.05, 3.63) is 40.7 Å². The van der Waals surface area contributed by atoms with Crippen molar-refractivity contribution in [1.29, 1.82) is 0 Å². The Morgan fingerprint density at radius 2 is 2.12 bits per heavy atom. The van der Waals surface area contributed by atoms with Gasteiger partial charge in [-0.15, -0.1) is 0 Å². The lowest BCUT2D eigenvalue weighted by molar-refractivity contribution is 0.0601. The van der Waals surface area contributed by atoms with E-state index in [9.17, 15) is 4.79 Å². The molecule has 82 valence electrons. The molecule has 0 unspecified atom stereocenters. The summed E-state index contributed by atoms with van der Waals surface area (Å²) in [6, 6.07) is 5.35. The van der Waals surface area contributed by atoms with Gasteiger partial charge >= 0.3 is 5.97 Å². The van der Waals surface area contributed by atoms with E-state index in [4.69, 9.17) is 11.6 Å². The van der Waals surface area contributed by atoms with Gasteiger partial charge in [0, 0.05) is 11.6 Å². The zero-order valence-corrected chi connectivity index (χ0v) is 9.71. The molecule has 1 aromatic carbocycles. The minimum atomic E-state index is -0.370. The summed E-state index contributed by atoms with van der Waals surface area (Å²) in [5.74, 6) is -0.370. The number of benzene rings is 1. The Morgan fingerprint density at radius 1 is 1.38 bits per heavy atom. The standard InChI is InChI=1S/C12H10ClNO2/c1-7-5-8(12(15)16-2)6-10-9(7)3-4-14-11(10)13/h3-6H,1-2H3. The number of fused-ring (bicyclic) bond motifs is 1. The molecule has 2 aromatic rings. The SMILES string of the molecule is COC(=O)c1cc(C)c2ccnc(Cl)c2c1. The average Bonchev–Trinajstić information content (AvgIpc) is 2.29. The molecule has 0 aliphatic rings. The molecule has 4 heteroatoms. The zero-order chi connectivity index (χ0) is 11.7. The van der Waals surface area contributed by atoms with Crippen LogP contribution in [0.2, 0.25) is 5.15 Å². The van der Waals surface area contributed by atoms with Gasteiger partial charge in [0.2, 0.25) is 0 Å². The fourth-order valence-corrected chi connectivity index (χ4v) is 1.89. The lowest BCUT2D eigenvalue weighted by Gasteiger charge is -2.06. The highest BCUT2D eigenvalue weighted by Crippen LogP contribution is 2.25. The molecule has 1 aromatic heterocycles. The number of aryl methyl sites for hydroxylation is 1. The number of nitrogens with zero attached hydrogens (tertiary/aromatic N) is 1. The van der Waals surface area contributed by atoms with Gasteiger partial charge in [0.1, 0.15) is 5.15 Å². The molecule has 0 saturated heterocycles. The topological polar surface area (TPSA) is 39.2 Å². The highest BCUT2D eigenvalue weighted by Gasteiger charge is 2.10. The van der Waals surface area contributed by atoms with Gasteiger partial charge in [-0.05, 0) is 36.1 Å². The number of methoxy groups -OCH3 is 1. The number of aromatic nitrogens is 1. The van der Waals surface area contributed by atoms with Crippen molar-refractivity contribution in [1.82, 2.24) is 4.98 Å². The van der Waals surface area contributed by atoms with Gasteiger partial charge in [-0.2, -0.15) is 0 Å². The van der Waals surface area contributed by atoms with E-state index in [1.165, 1.54) is 7.11 Å². The quantitative estimate of drug-likeness (QED) is 0.564. The van der Waals surface area contributed by atoms with Crippen molar-refractivity contribution in [2.75, 3.05) is 7.11 Å². The predicted molar refractivity (Wildman–Crippen MR) is 62.8 cm³/mol. The van der Waals surface area contributed by atoms with Crippen LogP contribution in [0.1, 0.15) is 15.9 Å². The van der Waals surface area contributed by atoms with Crippen LogP contribution in [-0.4, -0.2) is 18.1 Å². The van der Waals surface area contributed by atoms with Crippen molar-refractivity contribution in [3.63, 3.8) is 0 Å². The van der Waals surface area contributed by atoms with Crippen LogP contribution < -0.4 is 0 Å². The first-order valence-corrected chi connectivity index (χ1v) is 5.14. The third-order valence-corrected chi connectivity index (χ3v) is 2.76. The van der Waals surface area contributed by atoms with Crippen LogP contribution in [0.5, 0.6) is 0 Å². The van der Waals surface area contributed by atoms with Crippen molar-refractivity contribution in [2.24, 2.45) is 0 Å². The molecule has 0 aliphatic carbocycles. The maximum atomic E-state index is 11.4. The van der Waals surface area contributed by atoms with E-state index >= 15 is 0 Å². The van der Waals surface area contributed by atoms with Gasteiger partial charge < -0.3 is 4.74 Å². The number of ether oxygens (including phenoxy) is 1. The Bertz CT molecular complexity index is 566. The van der Waals surface area contributed by atoms with Gasteiger partial charge in [-0.25, -0.2) is 9.78 Å². The van der Waals surface area contributed by atoms with Crippen LogP contribution in [0.4, 0.5) is 0 Å². The van der Waals surface area contributed by atoms with Crippen molar-refractivity contribution in [2.45, 2.75) is 6.92 Å². The summed E-state index contributed by atoms with van der Waals surface area (Å²) in [6.07, 6.45) is 1.65. The van der Waals surface area contributed by atoms with E-state index in [-0.39, 0.29) is 5.97 Å². The smallest absolute Gasteiger partial charge is 0.337 e. The fraction of sp³-hybridized carbons (Fsp3) is 0.167. The van der Waals surface area contributed by atoms with Gasteiger partial charge in [0.15, 0.2) is 0 Å².